The molecule has 3 aliphatic rings. The van der Waals surface area contributed by atoms with Gasteiger partial charge in [0.1, 0.15) is 6.04 Å². The average Bonchev–Trinajstić information content (AvgIpc) is 3.04. The van der Waals surface area contributed by atoms with Crippen molar-refractivity contribution < 1.29 is 14.4 Å². The van der Waals surface area contributed by atoms with Crippen LogP contribution < -0.4 is 16.0 Å². The number of nitrogens with zero attached hydrogens (tertiary/aromatic N) is 2. The van der Waals surface area contributed by atoms with Crippen LogP contribution in [0, 0.1) is 0 Å². The number of piperidine rings is 1. The van der Waals surface area contributed by atoms with Gasteiger partial charge < -0.3 is 15.5 Å². The molecule has 1 aromatic rings. The third-order valence-corrected chi connectivity index (χ3v) is 6.22. The number of piperazine rings is 1. The zero-order valence-electron chi connectivity index (χ0n) is 17.8. The molecular weight excluding hydrogens is 382 g/mol. The van der Waals surface area contributed by atoms with E-state index in [1.54, 1.807) is 4.90 Å². The molecule has 1 aromatic carbocycles. The molecule has 3 aliphatic heterocycles. The fourth-order valence-corrected chi connectivity index (χ4v) is 4.66. The number of rotatable bonds is 6. The Labute approximate surface area is 177 Å². The summed E-state index contributed by atoms with van der Waals surface area (Å²) in [6.45, 7) is 10.5. The van der Waals surface area contributed by atoms with Crippen LogP contribution in [-0.4, -0.2) is 71.8 Å². The summed E-state index contributed by atoms with van der Waals surface area (Å²) < 4.78 is 0. The van der Waals surface area contributed by atoms with E-state index >= 15 is 0 Å². The molecule has 3 heterocycles. The van der Waals surface area contributed by atoms with Gasteiger partial charge in [-0.3, -0.25) is 24.6 Å². The molecule has 0 radical (unpaired) electrons. The summed E-state index contributed by atoms with van der Waals surface area (Å²) in [7, 11) is 0. The van der Waals surface area contributed by atoms with Gasteiger partial charge in [0.2, 0.25) is 11.8 Å². The predicted molar refractivity (Wildman–Crippen MR) is 113 cm³/mol. The first kappa shape index (κ1) is 21.0. The third-order valence-electron chi connectivity index (χ3n) is 6.22. The minimum Gasteiger partial charge on any atom is -0.322 e. The highest BCUT2D eigenvalue weighted by atomic mass is 16.2. The molecule has 0 aliphatic carbocycles. The lowest BCUT2D eigenvalue weighted by atomic mass is 10.00. The highest BCUT2D eigenvalue weighted by molar-refractivity contribution is 6.05. The molecule has 30 heavy (non-hydrogen) atoms. The van der Waals surface area contributed by atoms with Crippen molar-refractivity contribution in [3.8, 4) is 0 Å². The summed E-state index contributed by atoms with van der Waals surface area (Å²) >= 11 is 0. The van der Waals surface area contributed by atoms with E-state index in [9.17, 15) is 14.4 Å². The summed E-state index contributed by atoms with van der Waals surface area (Å²) in [6, 6.07) is 5.33. The van der Waals surface area contributed by atoms with Gasteiger partial charge >= 0.3 is 0 Å². The van der Waals surface area contributed by atoms with E-state index in [0.717, 1.165) is 43.9 Å². The largest absolute Gasteiger partial charge is 0.322 e. The first-order valence-corrected chi connectivity index (χ1v) is 10.8. The second-order valence-electron chi connectivity index (χ2n) is 9.11. The van der Waals surface area contributed by atoms with Crippen molar-refractivity contribution in [2.75, 3.05) is 32.7 Å². The van der Waals surface area contributed by atoms with E-state index in [2.05, 4.69) is 34.7 Å². The lowest BCUT2D eigenvalue weighted by Crippen LogP contribution is -2.53. The van der Waals surface area contributed by atoms with Crippen molar-refractivity contribution in [1.82, 2.24) is 25.8 Å². The van der Waals surface area contributed by atoms with Crippen molar-refractivity contribution >= 4 is 17.7 Å². The molecule has 0 saturated carbocycles. The van der Waals surface area contributed by atoms with Crippen LogP contribution in [0.4, 0.5) is 0 Å². The topological polar surface area (TPSA) is 93.8 Å². The van der Waals surface area contributed by atoms with Gasteiger partial charge in [0, 0.05) is 63.3 Å². The molecule has 0 aromatic heterocycles. The first-order chi connectivity index (χ1) is 14.3. The van der Waals surface area contributed by atoms with E-state index in [-0.39, 0.29) is 29.7 Å². The molecule has 4 rings (SSSR count). The Morgan fingerprint density at radius 1 is 1.17 bits per heavy atom. The molecule has 0 spiro atoms. The van der Waals surface area contributed by atoms with Gasteiger partial charge in [-0.2, -0.15) is 0 Å². The lowest BCUT2D eigenvalue weighted by molar-refractivity contribution is -0.136. The van der Waals surface area contributed by atoms with Gasteiger partial charge in [0.25, 0.3) is 5.91 Å². The normalized spacial score (nSPS) is 22.9. The zero-order valence-corrected chi connectivity index (χ0v) is 17.8. The highest BCUT2D eigenvalue weighted by Crippen LogP contribution is 2.30. The lowest BCUT2D eigenvalue weighted by Gasteiger charge is -2.36. The monoisotopic (exact) mass is 413 g/mol. The van der Waals surface area contributed by atoms with E-state index < -0.39 is 6.04 Å². The second-order valence-corrected chi connectivity index (χ2v) is 9.11. The molecule has 2 fully saturated rings. The number of hydrogen-bond donors (Lipinski definition) is 3. The maximum absolute atomic E-state index is 13.2. The molecule has 8 nitrogen and oxygen atoms in total. The summed E-state index contributed by atoms with van der Waals surface area (Å²) in [5.74, 6) is -0.752. The summed E-state index contributed by atoms with van der Waals surface area (Å²) in [6.07, 6.45) is 0.654. The zero-order chi connectivity index (χ0) is 21.3. The van der Waals surface area contributed by atoms with Gasteiger partial charge in [-0.15, -0.1) is 0 Å². The molecule has 2 saturated heterocycles. The number of benzene rings is 1. The SMILES string of the molecule is CC(C)(CN1CCNCC1)NCc1cccc2c1C(=O)N(C1CCC(=O)NC1=O)C2. The van der Waals surface area contributed by atoms with Crippen molar-refractivity contribution in [2.24, 2.45) is 0 Å². The number of carbonyl (C=O) groups is 3. The van der Waals surface area contributed by atoms with Crippen molar-refractivity contribution in [2.45, 2.75) is 51.4 Å². The van der Waals surface area contributed by atoms with Gasteiger partial charge in [0.15, 0.2) is 0 Å². The standard InChI is InChI=1S/C22H31N5O3/c1-22(2,14-26-10-8-23-9-11-26)24-12-15-4-3-5-16-13-27(21(30)19(15)16)17-6-7-18(28)25-20(17)29/h3-5,17,23-24H,6-14H2,1-2H3,(H,25,28,29). The maximum Gasteiger partial charge on any atom is 0.255 e. The van der Waals surface area contributed by atoms with Gasteiger partial charge in [0.05, 0.1) is 0 Å². The maximum atomic E-state index is 13.2. The Morgan fingerprint density at radius 2 is 1.93 bits per heavy atom. The second kappa shape index (κ2) is 8.45. The van der Waals surface area contributed by atoms with Crippen LogP contribution in [0.25, 0.3) is 0 Å². The molecule has 3 N–H and O–H groups in total. The summed E-state index contributed by atoms with van der Waals surface area (Å²) in [4.78, 5) is 41.0. The Balaban J connectivity index is 1.44. The van der Waals surface area contributed by atoms with Crippen molar-refractivity contribution in [3.63, 3.8) is 0 Å². The third kappa shape index (κ3) is 4.40. The van der Waals surface area contributed by atoms with E-state index in [4.69, 9.17) is 0 Å². The van der Waals surface area contributed by atoms with Crippen LogP contribution in [0.1, 0.15) is 48.2 Å². The summed E-state index contributed by atoms with van der Waals surface area (Å²) in [5, 5.41) is 9.36. The molecule has 162 valence electrons. The van der Waals surface area contributed by atoms with E-state index in [1.807, 2.05) is 18.2 Å². The van der Waals surface area contributed by atoms with E-state index in [0.29, 0.717) is 25.1 Å². The highest BCUT2D eigenvalue weighted by Gasteiger charge is 2.40. The minimum atomic E-state index is -0.576. The van der Waals surface area contributed by atoms with Crippen LogP contribution >= 0.6 is 0 Å². The fraction of sp³-hybridized carbons (Fsp3) is 0.591. The number of carbonyl (C=O) groups excluding carboxylic acids is 3. The smallest absolute Gasteiger partial charge is 0.255 e. The van der Waals surface area contributed by atoms with Crippen LogP contribution in [0.5, 0.6) is 0 Å². The van der Waals surface area contributed by atoms with Crippen molar-refractivity contribution in [1.29, 1.82) is 0 Å². The van der Waals surface area contributed by atoms with E-state index in [1.165, 1.54) is 0 Å². The van der Waals surface area contributed by atoms with Gasteiger partial charge in [-0.1, -0.05) is 18.2 Å². The molecule has 8 heteroatoms. The quantitative estimate of drug-likeness (QED) is 0.578. The molecule has 3 amide bonds. The van der Waals surface area contributed by atoms with Gasteiger partial charge in [-0.05, 0) is 31.4 Å². The Morgan fingerprint density at radius 3 is 2.67 bits per heavy atom. The summed E-state index contributed by atoms with van der Waals surface area (Å²) in [5.41, 5.74) is 2.52. The Hall–Kier alpha value is -2.29. The molecule has 1 unspecified atom stereocenters. The first-order valence-electron chi connectivity index (χ1n) is 10.8. The van der Waals surface area contributed by atoms with Crippen molar-refractivity contribution in [3.05, 3.63) is 34.9 Å². The molecule has 1 atom stereocenters. The average molecular weight is 414 g/mol. The number of amides is 3. The van der Waals surface area contributed by atoms with Crippen LogP contribution in [-0.2, 0) is 22.7 Å². The Bertz CT molecular complexity index is 847. The minimum absolute atomic E-state index is 0.0922. The fourth-order valence-electron chi connectivity index (χ4n) is 4.66. The predicted octanol–water partition coefficient (Wildman–Crippen LogP) is 0.221. The Kier molecular flexibility index (Phi) is 5.90. The molecular formula is C22H31N5O3. The number of fused-ring (bicyclic) bond motifs is 1. The van der Waals surface area contributed by atoms with Crippen LogP contribution in [0.15, 0.2) is 18.2 Å². The van der Waals surface area contributed by atoms with Crippen LogP contribution in [0.2, 0.25) is 0 Å². The molecule has 0 bridgehead atoms. The van der Waals surface area contributed by atoms with Crippen LogP contribution in [0.3, 0.4) is 0 Å². The number of nitrogens with one attached hydrogen (secondary N) is 3. The number of imide groups is 1. The number of hydrogen-bond acceptors (Lipinski definition) is 6. The van der Waals surface area contributed by atoms with Gasteiger partial charge in [-0.25, -0.2) is 0 Å².